The van der Waals surface area contributed by atoms with Crippen molar-refractivity contribution in [1.29, 1.82) is 0 Å². The van der Waals surface area contributed by atoms with Gasteiger partial charge in [-0.2, -0.15) is 0 Å². The average Bonchev–Trinajstić information content (AvgIpc) is 3.14. The number of anilines is 2. The van der Waals surface area contributed by atoms with Crippen molar-refractivity contribution in [3.8, 4) is 5.75 Å². The molecule has 0 aliphatic heterocycles. The number of hydrogen-bond acceptors (Lipinski definition) is 8. The molecule has 0 radical (unpaired) electrons. The molecule has 2 aromatic carbocycles. The summed E-state index contributed by atoms with van der Waals surface area (Å²) < 4.78 is 29.9. The highest BCUT2D eigenvalue weighted by atomic mass is 32.2. The summed E-state index contributed by atoms with van der Waals surface area (Å²) in [5.41, 5.74) is 1.56. The normalized spacial score (nSPS) is 11.9. The average molecular weight is 392 g/mol. The van der Waals surface area contributed by atoms with Gasteiger partial charge in [-0.3, -0.25) is 0 Å². The molecular weight excluding hydrogens is 380 g/mol. The van der Waals surface area contributed by atoms with Crippen LogP contribution in [0.2, 0.25) is 0 Å². The molecule has 0 amide bonds. The van der Waals surface area contributed by atoms with Crippen molar-refractivity contribution < 1.29 is 13.2 Å². The Hall–Kier alpha value is -2.27. The zero-order valence-corrected chi connectivity index (χ0v) is 15.3. The Balaban J connectivity index is 1.68. The minimum atomic E-state index is -3.73. The zero-order valence-electron chi connectivity index (χ0n) is 12.9. The van der Waals surface area contributed by atoms with Crippen LogP contribution < -0.4 is 15.2 Å². The molecule has 4 aromatic rings. The molecule has 0 bridgehead atoms. The van der Waals surface area contributed by atoms with Crippen LogP contribution in [0.1, 0.15) is 0 Å². The maximum Gasteiger partial charge on any atom is 0.238 e. The van der Waals surface area contributed by atoms with E-state index in [1.807, 2.05) is 18.2 Å². The molecule has 10 heteroatoms. The summed E-state index contributed by atoms with van der Waals surface area (Å²) in [5, 5.41) is 9.67. The van der Waals surface area contributed by atoms with Crippen molar-refractivity contribution >= 4 is 63.4 Å². The third kappa shape index (κ3) is 3.16. The number of sulfonamides is 1. The summed E-state index contributed by atoms with van der Waals surface area (Å²) in [6, 6.07) is 10.3. The monoisotopic (exact) mass is 392 g/mol. The Morgan fingerprint density at radius 3 is 2.20 bits per heavy atom. The topological polar surface area (TPSA) is 107 Å². The number of benzene rings is 2. The second-order valence-electron chi connectivity index (χ2n) is 5.17. The SMILES string of the molecule is COc1ccc2nc(Nc3nc4ccc(S(N)(=O)=O)cc4s3)sc2c1. The fraction of sp³-hybridized carbons (Fsp3) is 0.0667. The fourth-order valence-corrected chi connectivity index (χ4v) is 4.79. The number of rotatable bonds is 4. The first-order valence-electron chi connectivity index (χ1n) is 7.07. The number of ether oxygens (including phenoxy) is 1. The Bertz CT molecular complexity index is 1200. The van der Waals surface area contributed by atoms with E-state index in [1.165, 1.54) is 34.8 Å². The van der Waals surface area contributed by atoms with E-state index in [2.05, 4.69) is 15.3 Å². The molecule has 128 valence electrons. The number of hydrogen-bond donors (Lipinski definition) is 2. The van der Waals surface area contributed by atoms with E-state index in [0.717, 1.165) is 20.7 Å². The number of nitrogens with two attached hydrogens (primary N) is 1. The van der Waals surface area contributed by atoms with Crippen molar-refractivity contribution in [2.75, 3.05) is 12.4 Å². The number of nitrogens with one attached hydrogen (secondary N) is 1. The van der Waals surface area contributed by atoms with E-state index in [-0.39, 0.29) is 4.90 Å². The highest BCUT2D eigenvalue weighted by molar-refractivity contribution is 7.89. The van der Waals surface area contributed by atoms with Gasteiger partial charge in [-0.05, 0) is 36.4 Å². The fourth-order valence-electron chi connectivity index (χ4n) is 2.31. The van der Waals surface area contributed by atoms with Crippen LogP contribution in [0.25, 0.3) is 20.4 Å². The lowest BCUT2D eigenvalue weighted by molar-refractivity contribution is 0.415. The number of aromatic nitrogens is 2. The largest absolute Gasteiger partial charge is 0.497 e. The zero-order chi connectivity index (χ0) is 17.6. The summed E-state index contributed by atoms with van der Waals surface area (Å²) in [6.07, 6.45) is 0. The van der Waals surface area contributed by atoms with E-state index >= 15 is 0 Å². The Kier molecular flexibility index (Phi) is 3.84. The molecular formula is C15H12N4O3S3. The molecule has 4 rings (SSSR count). The lowest BCUT2D eigenvalue weighted by atomic mass is 10.3. The number of thiazole rings is 2. The lowest BCUT2D eigenvalue weighted by Crippen LogP contribution is -2.11. The Morgan fingerprint density at radius 1 is 1.00 bits per heavy atom. The van der Waals surface area contributed by atoms with Gasteiger partial charge in [0.1, 0.15) is 5.75 Å². The standard InChI is InChI=1S/C15H12N4O3S3/c1-22-8-2-4-10-12(6-8)23-14(17-10)19-15-18-11-5-3-9(25(16,20)21)7-13(11)24-15/h2-7H,1H3,(H2,16,20,21)(H,17,18,19). The third-order valence-electron chi connectivity index (χ3n) is 3.50. The lowest BCUT2D eigenvalue weighted by Gasteiger charge is -1.96. The minimum absolute atomic E-state index is 0.0716. The van der Waals surface area contributed by atoms with Crippen LogP contribution >= 0.6 is 22.7 Å². The molecule has 0 saturated heterocycles. The van der Waals surface area contributed by atoms with E-state index in [4.69, 9.17) is 9.88 Å². The van der Waals surface area contributed by atoms with E-state index in [9.17, 15) is 8.42 Å². The highest BCUT2D eigenvalue weighted by Crippen LogP contribution is 2.34. The molecule has 3 N–H and O–H groups in total. The number of fused-ring (bicyclic) bond motifs is 2. The van der Waals surface area contributed by atoms with Crippen LogP contribution in [-0.2, 0) is 10.0 Å². The van der Waals surface area contributed by atoms with Gasteiger partial charge in [-0.15, -0.1) is 0 Å². The number of nitrogens with zero attached hydrogens (tertiary/aromatic N) is 2. The molecule has 0 unspecified atom stereocenters. The van der Waals surface area contributed by atoms with Crippen LogP contribution in [0.4, 0.5) is 10.3 Å². The van der Waals surface area contributed by atoms with E-state index in [0.29, 0.717) is 15.8 Å². The van der Waals surface area contributed by atoms with Crippen LogP contribution in [0.3, 0.4) is 0 Å². The first-order chi connectivity index (χ1) is 11.9. The van der Waals surface area contributed by atoms with Gasteiger partial charge in [0.2, 0.25) is 10.0 Å². The van der Waals surface area contributed by atoms with Gasteiger partial charge in [0.15, 0.2) is 10.3 Å². The first-order valence-corrected chi connectivity index (χ1v) is 10.3. The minimum Gasteiger partial charge on any atom is -0.497 e. The molecule has 2 aromatic heterocycles. The highest BCUT2D eigenvalue weighted by Gasteiger charge is 2.12. The third-order valence-corrected chi connectivity index (χ3v) is 6.28. The van der Waals surface area contributed by atoms with Gasteiger partial charge in [-0.25, -0.2) is 23.5 Å². The van der Waals surface area contributed by atoms with Crippen molar-refractivity contribution in [2.45, 2.75) is 4.90 Å². The summed E-state index contributed by atoms with van der Waals surface area (Å²) in [4.78, 5) is 9.03. The molecule has 0 aliphatic rings. The van der Waals surface area contributed by atoms with Gasteiger partial charge in [0, 0.05) is 0 Å². The second kappa shape index (κ2) is 5.92. The van der Waals surface area contributed by atoms with Gasteiger partial charge in [0.05, 0.1) is 32.4 Å². The van der Waals surface area contributed by atoms with Crippen LogP contribution in [0.5, 0.6) is 5.75 Å². The molecule has 7 nitrogen and oxygen atoms in total. The molecule has 0 saturated carbocycles. The predicted molar refractivity (Wildman–Crippen MR) is 100 cm³/mol. The number of methoxy groups -OCH3 is 1. The smallest absolute Gasteiger partial charge is 0.238 e. The maximum atomic E-state index is 11.5. The van der Waals surface area contributed by atoms with Crippen LogP contribution in [-0.4, -0.2) is 25.5 Å². The van der Waals surface area contributed by atoms with Gasteiger partial charge < -0.3 is 10.1 Å². The first kappa shape index (κ1) is 16.2. The van der Waals surface area contributed by atoms with E-state index < -0.39 is 10.0 Å². The van der Waals surface area contributed by atoms with Crippen LogP contribution in [0, 0.1) is 0 Å². The van der Waals surface area contributed by atoms with Gasteiger partial charge in [-0.1, -0.05) is 22.7 Å². The van der Waals surface area contributed by atoms with E-state index in [1.54, 1.807) is 13.2 Å². The predicted octanol–water partition coefficient (Wildman–Crippen LogP) is 3.31. The maximum absolute atomic E-state index is 11.5. The van der Waals surface area contributed by atoms with Crippen molar-refractivity contribution in [1.82, 2.24) is 9.97 Å². The van der Waals surface area contributed by atoms with Crippen molar-refractivity contribution in [2.24, 2.45) is 5.14 Å². The van der Waals surface area contributed by atoms with Crippen LogP contribution in [0.15, 0.2) is 41.3 Å². The molecule has 0 aliphatic carbocycles. The van der Waals surface area contributed by atoms with Crippen molar-refractivity contribution in [3.05, 3.63) is 36.4 Å². The van der Waals surface area contributed by atoms with Crippen molar-refractivity contribution in [3.63, 3.8) is 0 Å². The summed E-state index contributed by atoms with van der Waals surface area (Å²) in [6.45, 7) is 0. The molecule has 25 heavy (non-hydrogen) atoms. The number of primary sulfonamides is 1. The Labute approximate surface area is 151 Å². The summed E-state index contributed by atoms with van der Waals surface area (Å²) in [7, 11) is -2.11. The van der Waals surface area contributed by atoms with Gasteiger partial charge in [0.25, 0.3) is 0 Å². The molecule has 0 spiro atoms. The van der Waals surface area contributed by atoms with Gasteiger partial charge >= 0.3 is 0 Å². The molecule has 2 heterocycles. The second-order valence-corrected chi connectivity index (χ2v) is 8.79. The molecule has 0 fully saturated rings. The summed E-state index contributed by atoms with van der Waals surface area (Å²) in [5.74, 6) is 0.776. The quantitative estimate of drug-likeness (QED) is 0.552. The Morgan fingerprint density at radius 2 is 1.60 bits per heavy atom. The summed E-state index contributed by atoms with van der Waals surface area (Å²) >= 11 is 2.83. The molecule has 0 atom stereocenters.